The smallest absolute Gasteiger partial charge is 0.324 e. The van der Waals surface area contributed by atoms with Crippen LogP contribution in [0.15, 0.2) is 42.5 Å². The Morgan fingerprint density at radius 2 is 1.84 bits per heavy atom. The van der Waals surface area contributed by atoms with Crippen LogP contribution in [-0.4, -0.2) is 18.1 Å². The summed E-state index contributed by atoms with van der Waals surface area (Å²) >= 11 is 0. The summed E-state index contributed by atoms with van der Waals surface area (Å²) in [7, 11) is 1.82. The molecule has 1 aromatic carbocycles. The second kappa shape index (κ2) is 5.72. The molecule has 6 nitrogen and oxygen atoms in total. The van der Waals surface area contributed by atoms with Gasteiger partial charge >= 0.3 is 6.03 Å². The van der Waals surface area contributed by atoms with Crippen molar-refractivity contribution < 1.29 is 4.79 Å². The van der Waals surface area contributed by atoms with Crippen molar-refractivity contribution in [1.29, 1.82) is 0 Å². The second-order valence-corrected chi connectivity index (χ2v) is 3.86. The van der Waals surface area contributed by atoms with Crippen LogP contribution in [-0.2, 0) is 0 Å². The Morgan fingerprint density at radius 3 is 2.58 bits per heavy atom. The van der Waals surface area contributed by atoms with Crippen molar-refractivity contribution in [2.45, 2.75) is 0 Å². The van der Waals surface area contributed by atoms with Gasteiger partial charge in [0.15, 0.2) is 0 Å². The molecular weight excluding hydrogens is 242 g/mol. The third-order valence-electron chi connectivity index (χ3n) is 2.42. The van der Waals surface area contributed by atoms with E-state index in [-0.39, 0.29) is 6.03 Å². The first-order valence-electron chi connectivity index (χ1n) is 5.76. The Labute approximate surface area is 111 Å². The molecule has 0 fully saturated rings. The van der Waals surface area contributed by atoms with Gasteiger partial charge in [0, 0.05) is 18.4 Å². The fourth-order valence-corrected chi connectivity index (χ4v) is 1.55. The molecule has 98 valence electrons. The van der Waals surface area contributed by atoms with Crippen LogP contribution in [0.2, 0.25) is 0 Å². The number of hydrogen-bond donors (Lipinski definition) is 4. The van der Waals surface area contributed by atoms with Crippen LogP contribution >= 0.6 is 0 Å². The lowest BCUT2D eigenvalue weighted by molar-refractivity contribution is 0.262. The number of urea groups is 1. The van der Waals surface area contributed by atoms with Crippen molar-refractivity contribution in [3.63, 3.8) is 0 Å². The molecule has 0 unspecified atom stereocenters. The molecule has 19 heavy (non-hydrogen) atoms. The minimum absolute atomic E-state index is 0.356. The molecule has 0 spiro atoms. The second-order valence-electron chi connectivity index (χ2n) is 3.86. The lowest BCUT2D eigenvalue weighted by atomic mass is 10.3. The van der Waals surface area contributed by atoms with Crippen LogP contribution in [0, 0.1) is 0 Å². The molecule has 0 aliphatic carbocycles. The van der Waals surface area contributed by atoms with Gasteiger partial charge in [-0.3, -0.25) is 5.32 Å². The summed E-state index contributed by atoms with van der Waals surface area (Å²) < 4.78 is 0. The van der Waals surface area contributed by atoms with Crippen molar-refractivity contribution >= 4 is 29.0 Å². The van der Waals surface area contributed by atoms with E-state index in [1.54, 1.807) is 24.3 Å². The standard InChI is InChI=1S/C13H15N5O/c1-15-9-4-2-5-10(8-9)16-13(19)18-12-7-3-6-11(14)17-12/h2-8,15H,1H3,(H4,14,16,17,18,19). The van der Waals surface area contributed by atoms with Crippen LogP contribution in [0.25, 0.3) is 0 Å². The number of rotatable bonds is 3. The van der Waals surface area contributed by atoms with Gasteiger partial charge in [0.2, 0.25) is 0 Å². The zero-order valence-electron chi connectivity index (χ0n) is 10.5. The summed E-state index contributed by atoms with van der Waals surface area (Å²) in [6.45, 7) is 0. The lowest BCUT2D eigenvalue weighted by Gasteiger charge is -2.08. The maximum atomic E-state index is 11.8. The minimum Gasteiger partial charge on any atom is -0.388 e. The number of carbonyl (C=O) groups is 1. The first kappa shape index (κ1) is 12.7. The average molecular weight is 257 g/mol. The summed E-state index contributed by atoms with van der Waals surface area (Å²) in [5.74, 6) is 0.761. The highest BCUT2D eigenvalue weighted by Crippen LogP contribution is 2.14. The van der Waals surface area contributed by atoms with E-state index in [1.807, 2.05) is 25.2 Å². The molecule has 6 heteroatoms. The van der Waals surface area contributed by atoms with Gasteiger partial charge in [0.25, 0.3) is 0 Å². The quantitative estimate of drug-likeness (QED) is 0.679. The molecule has 2 rings (SSSR count). The van der Waals surface area contributed by atoms with Crippen molar-refractivity contribution in [3.8, 4) is 0 Å². The normalized spacial score (nSPS) is 9.74. The Kier molecular flexibility index (Phi) is 3.82. The van der Waals surface area contributed by atoms with Crippen LogP contribution in [0.4, 0.5) is 27.8 Å². The lowest BCUT2D eigenvalue weighted by Crippen LogP contribution is -2.20. The van der Waals surface area contributed by atoms with Crippen molar-refractivity contribution in [1.82, 2.24) is 4.98 Å². The molecule has 1 heterocycles. The van der Waals surface area contributed by atoms with Crippen LogP contribution in [0.1, 0.15) is 0 Å². The molecule has 0 radical (unpaired) electrons. The van der Waals surface area contributed by atoms with E-state index >= 15 is 0 Å². The number of pyridine rings is 1. The van der Waals surface area contributed by atoms with Gasteiger partial charge < -0.3 is 16.4 Å². The topological polar surface area (TPSA) is 92.1 Å². The van der Waals surface area contributed by atoms with Crippen LogP contribution in [0.5, 0.6) is 0 Å². The minimum atomic E-state index is -0.369. The van der Waals surface area contributed by atoms with E-state index in [9.17, 15) is 4.79 Å². The van der Waals surface area contributed by atoms with Crippen LogP contribution < -0.4 is 21.7 Å². The van der Waals surface area contributed by atoms with Gasteiger partial charge in [-0.15, -0.1) is 0 Å². The van der Waals surface area contributed by atoms with E-state index in [2.05, 4.69) is 20.9 Å². The molecular formula is C13H15N5O. The third kappa shape index (κ3) is 3.60. The average Bonchev–Trinajstić information content (AvgIpc) is 2.38. The molecule has 0 saturated carbocycles. The number of amides is 2. The molecule has 5 N–H and O–H groups in total. The molecule has 2 aromatic rings. The van der Waals surface area contributed by atoms with Gasteiger partial charge in [-0.1, -0.05) is 12.1 Å². The van der Waals surface area contributed by atoms with Crippen LogP contribution in [0.3, 0.4) is 0 Å². The number of aromatic nitrogens is 1. The van der Waals surface area contributed by atoms with Gasteiger partial charge in [-0.25, -0.2) is 9.78 Å². The van der Waals surface area contributed by atoms with Gasteiger partial charge in [0.05, 0.1) is 0 Å². The Hall–Kier alpha value is -2.76. The number of nitrogens with two attached hydrogens (primary N) is 1. The van der Waals surface area contributed by atoms with Crippen molar-refractivity contribution in [3.05, 3.63) is 42.5 Å². The van der Waals surface area contributed by atoms with E-state index < -0.39 is 0 Å². The first-order chi connectivity index (χ1) is 9.17. The largest absolute Gasteiger partial charge is 0.388 e. The number of nitrogens with one attached hydrogen (secondary N) is 3. The first-order valence-corrected chi connectivity index (χ1v) is 5.76. The highest BCUT2D eigenvalue weighted by molar-refractivity contribution is 5.99. The van der Waals surface area contributed by atoms with E-state index in [0.29, 0.717) is 17.3 Å². The highest BCUT2D eigenvalue weighted by atomic mass is 16.2. The van der Waals surface area contributed by atoms with E-state index in [0.717, 1.165) is 5.69 Å². The summed E-state index contributed by atoms with van der Waals surface area (Å²) in [6, 6.07) is 12.0. The monoisotopic (exact) mass is 257 g/mol. The number of carbonyl (C=O) groups excluding carboxylic acids is 1. The molecule has 1 aromatic heterocycles. The zero-order valence-corrected chi connectivity index (χ0v) is 10.5. The summed E-state index contributed by atoms with van der Waals surface area (Å²) in [5.41, 5.74) is 7.14. The maximum absolute atomic E-state index is 11.8. The molecule has 0 aliphatic rings. The molecule has 0 saturated heterocycles. The maximum Gasteiger partial charge on any atom is 0.324 e. The Bertz CT molecular complexity index is 585. The number of anilines is 4. The summed E-state index contributed by atoms with van der Waals surface area (Å²) in [6.07, 6.45) is 0. The predicted octanol–water partition coefficient (Wildman–Crippen LogP) is 2.35. The predicted molar refractivity (Wildman–Crippen MR) is 77.3 cm³/mol. The zero-order chi connectivity index (χ0) is 13.7. The number of nitrogens with zero attached hydrogens (tertiary/aromatic N) is 1. The Balaban J connectivity index is 2.01. The molecule has 0 bridgehead atoms. The van der Waals surface area contributed by atoms with E-state index in [4.69, 9.17) is 5.73 Å². The summed E-state index contributed by atoms with van der Waals surface area (Å²) in [5, 5.41) is 8.32. The number of benzene rings is 1. The van der Waals surface area contributed by atoms with Crippen molar-refractivity contribution in [2.24, 2.45) is 0 Å². The molecule has 0 aliphatic heterocycles. The number of nitrogen functional groups attached to an aromatic ring is 1. The van der Waals surface area contributed by atoms with Gasteiger partial charge in [0.1, 0.15) is 11.6 Å². The molecule has 0 atom stereocenters. The van der Waals surface area contributed by atoms with Gasteiger partial charge in [-0.2, -0.15) is 0 Å². The fraction of sp³-hybridized carbons (Fsp3) is 0.0769. The van der Waals surface area contributed by atoms with Gasteiger partial charge in [-0.05, 0) is 30.3 Å². The molecule has 2 amide bonds. The highest BCUT2D eigenvalue weighted by Gasteiger charge is 2.04. The number of hydrogen-bond acceptors (Lipinski definition) is 4. The third-order valence-corrected chi connectivity index (χ3v) is 2.42. The SMILES string of the molecule is CNc1cccc(NC(=O)Nc2cccc(N)n2)c1. The fourth-order valence-electron chi connectivity index (χ4n) is 1.55. The summed E-state index contributed by atoms with van der Waals surface area (Å²) in [4.78, 5) is 15.8. The van der Waals surface area contributed by atoms with E-state index in [1.165, 1.54) is 0 Å². The Morgan fingerprint density at radius 1 is 1.11 bits per heavy atom. The van der Waals surface area contributed by atoms with Crippen molar-refractivity contribution in [2.75, 3.05) is 28.7 Å².